The molecule has 8 heavy (non-hydrogen) atoms. The van der Waals surface area contributed by atoms with Crippen molar-refractivity contribution in [2.45, 2.75) is 6.42 Å². The van der Waals surface area contributed by atoms with Gasteiger partial charge in [-0.3, -0.25) is 0 Å². The zero-order valence-corrected chi connectivity index (χ0v) is 6.15. The van der Waals surface area contributed by atoms with Crippen LogP contribution in [0.25, 0.3) is 0 Å². The quantitative estimate of drug-likeness (QED) is 0.448. The molecule has 0 aromatic heterocycles. The summed E-state index contributed by atoms with van der Waals surface area (Å²) in [5.41, 5.74) is 0. The van der Waals surface area contributed by atoms with Crippen molar-refractivity contribution >= 4 is 0 Å². The highest BCUT2D eigenvalue weighted by Gasteiger charge is 1.84. The minimum atomic E-state index is 0. The molecule has 0 rings (SSSR count). The fraction of sp³-hybridized carbons (Fsp3) is 1.00. The molecule has 0 aliphatic heterocycles. The summed E-state index contributed by atoms with van der Waals surface area (Å²) in [6.45, 7) is 1.29. The summed E-state index contributed by atoms with van der Waals surface area (Å²) in [6.07, 6.45) is 0.882. The van der Waals surface area contributed by atoms with Crippen LogP contribution in [0.4, 0.5) is 0 Å². The van der Waals surface area contributed by atoms with Crippen molar-refractivity contribution in [1.82, 2.24) is 4.90 Å². The maximum absolute atomic E-state index is 8.29. The number of nitrogens with zero attached hydrogens (tertiary/aromatic N) is 1. The molecule has 52 valence electrons. The smallest absolute Gasteiger partial charge is 0.0443 e. The zero-order chi connectivity index (χ0) is 5.70. The average molecular weight is 139 g/mol. The van der Waals surface area contributed by atoms with Crippen molar-refractivity contribution in [3.8, 4) is 0 Å². The van der Waals surface area contributed by atoms with E-state index in [1.807, 2.05) is 14.1 Å². The molecule has 0 saturated heterocycles. The van der Waals surface area contributed by atoms with Gasteiger partial charge in [-0.05, 0) is 27.1 Å². The summed E-state index contributed by atoms with van der Waals surface area (Å²) in [7, 11) is 3.99. The fourth-order valence-corrected chi connectivity index (χ4v) is 0.387. The largest absolute Gasteiger partial charge is 1.00 e. The average Bonchev–Trinajstić information content (AvgIpc) is 1.61. The summed E-state index contributed by atoms with van der Waals surface area (Å²) < 4.78 is 0. The Morgan fingerprint density at radius 1 is 1.38 bits per heavy atom. The molecule has 0 amide bonds. The topological polar surface area (TPSA) is 23.5 Å². The van der Waals surface area contributed by atoms with Crippen LogP contribution >= 0.6 is 0 Å². The van der Waals surface area contributed by atoms with Crippen molar-refractivity contribution in [3.63, 3.8) is 0 Å². The minimum absolute atomic E-state index is 0. The molecule has 0 aliphatic rings. The maximum Gasteiger partial charge on any atom is 0.0443 e. The third kappa shape index (κ3) is 9.51. The lowest BCUT2D eigenvalue weighted by molar-refractivity contribution is -0.00000275. The predicted octanol–water partition coefficient (Wildman–Crippen LogP) is -3.07. The van der Waals surface area contributed by atoms with Crippen LogP contribution in [0.5, 0.6) is 0 Å². The van der Waals surface area contributed by atoms with E-state index in [-0.39, 0.29) is 12.4 Å². The number of hydrogen-bond acceptors (Lipinski definition) is 2. The Balaban J connectivity index is 0. The van der Waals surface area contributed by atoms with Gasteiger partial charge in [-0.1, -0.05) is 0 Å². The third-order valence-corrected chi connectivity index (χ3v) is 0.763. The first-order valence-corrected chi connectivity index (χ1v) is 2.53. The molecule has 0 atom stereocenters. The molecule has 0 spiro atoms. The molecule has 0 saturated carbocycles. The van der Waals surface area contributed by atoms with Gasteiger partial charge in [-0.2, -0.15) is 0 Å². The first-order valence-electron chi connectivity index (χ1n) is 2.53. The molecule has 2 nitrogen and oxygen atoms in total. The summed E-state index contributed by atoms with van der Waals surface area (Å²) in [4.78, 5) is 2.05. The number of rotatable bonds is 3. The van der Waals surface area contributed by atoms with Gasteiger partial charge in [-0.25, -0.2) is 0 Å². The number of aliphatic hydroxyl groups is 1. The summed E-state index contributed by atoms with van der Waals surface area (Å²) in [5.74, 6) is 0. The molecule has 0 aromatic rings. The molecule has 1 N–H and O–H groups in total. The molecule has 0 aromatic carbocycles. The second kappa shape index (κ2) is 7.21. The Morgan fingerprint density at radius 3 is 2.00 bits per heavy atom. The van der Waals surface area contributed by atoms with E-state index in [9.17, 15) is 0 Å². The third-order valence-electron chi connectivity index (χ3n) is 0.763. The number of aliphatic hydroxyl groups excluding tert-OH is 1. The van der Waals surface area contributed by atoms with Crippen LogP contribution < -0.4 is 12.4 Å². The van der Waals surface area contributed by atoms with Gasteiger partial charge in [0.2, 0.25) is 0 Å². The van der Waals surface area contributed by atoms with E-state index in [1.165, 1.54) is 0 Å². The summed E-state index contributed by atoms with van der Waals surface area (Å²) >= 11 is 0. The first kappa shape index (κ1) is 11.1. The second-order valence-corrected chi connectivity index (χ2v) is 1.88. The monoisotopic (exact) mass is 138 g/mol. The van der Waals surface area contributed by atoms with Crippen molar-refractivity contribution < 1.29 is 17.5 Å². The fourth-order valence-electron chi connectivity index (χ4n) is 0.387. The molecular weight excluding hydrogens is 126 g/mol. The van der Waals surface area contributed by atoms with Crippen molar-refractivity contribution in [1.29, 1.82) is 0 Å². The van der Waals surface area contributed by atoms with Gasteiger partial charge >= 0.3 is 0 Å². The number of halogens is 1. The predicted molar refractivity (Wildman–Crippen MR) is 30.3 cm³/mol. The van der Waals surface area contributed by atoms with Crippen LogP contribution in [0.2, 0.25) is 0 Å². The molecule has 0 fully saturated rings. The minimum Gasteiger partial charge on any atom is -1.00 e. The molecule has 0 aliphatic carbocycles. The second-order valence-electron chi connectivity index (χ2n) is 1.88. The van der Waals surface area contributed by atoms with E-state index in [0.717, 1.165) is 13.0 Å². The molecule has 0 radical (unpaired) electrons. The van der Waals surface area contributed by atoms with Gasteiger partial charge in [0.05, 0.1) is 0 Å². The van der Waals surface area contributed by atoms with Crippen molar-refractivity contribution in [2.75, 3.05) is 27.2 Å². The zero-order valence-electron chi connectivity index (χ0n) is 5.39. The summed E-state index contributed by atoms with van der Waals surface area (Å²) in [5, 5.41) is 8.29. The molecular formula is C5H13ClNO-. The van der Waals surface area contributed by atoms with Crippen LogP contribution in [0.1, 0.15) is 6.42 Å². The highest BCUT2D eigenvalue weighted by Crippen LogP contribution is 1.77. The van der Waals surface area contributed by atoms with Crippen molar-refractivity contribution in [2.24, 2.45) is 0 Å². The van der Waals surface area contributed by atoms with Gasteiger partial charge in [0.15, 0.2) is 0 Å². The highest BCUT2D eigenvalue weighted by molar-refractivity contribution is 4.39. The van der Waals surface area contributed by atoms with Gasteiger partial charge in [0.1, 0.15) is 0 Å². The molecule has 0 bridgehead atoms. The van der Waals surface area contributed by atoms with E-state index >= 15 is 0 Å². The van der Waals surface area contributed by atoms with Crippen LogP contribution in [0.3, 0.4) is 0 Å². The van der Waals surface area contributed by atoms with Crippen LogP contribution in [0.15, 0.2) is 0 Å². The van der Waals surface area contributed by atoms with Gasteiger partial charge in [-0.15, -0.1) is 0 Å². The Hall–Kier alpha value is 0.210. The van der Waals surface area contributed by atoms with Crippen molar-refractivity contribution in [3.05, 3.63) is 0 Å². The molecule has 0 unspecified atom stereocenters. The molecule has 0 heterocycles. The molecule has 3 heteroatoms. The lowest BCUT2D eigenvalue weighted by atomic mass is 10.4. The van der Waals surface area contributed by atoms with E-state index < -0.39 is 0 Å². The Morgan fingerprint density at radius 2 is 1.88 bits per heavy atom. The number of hydrogen-bond donors (Lipinski definition) is 1. The Kier molecular flexibility index (Phi) is 9.97. The lowest BCUT2D eigenvalue weighted by Crippen LogP contribution is -3.00. The SMILES string of the molecule is CN(C)CCCO.[Cl-]. The van der Waals surface area contributed by atoms with Gasteiger partial charge in [0.25, 0.3) is 0 Å². The van der Waals surface area contributed by atoms with E-state index in [1.54, 1.807) is 0 Å². The van der Waals surface area contributed by atoms with Gasteiger partial charge in [0, 0.05) is 6.61 Å². The summed E-state index contributed by atoms with van der Waals surface area (Å²) in [6, 6.07) is 0. The standard InChI is InChI=1S/C5H13NO.ClH/c1-6(2)4-3-5-7;/h7H,3-5H2,1-2H3;1H/p-1. The first-order chi connectivity index (χ1) is 3.27. The Bertz CT molecular complexity index is 41.4. The lowest BCUT2D eigenvalue weighted by Gasteiger charge is -2.05. The maximum atomic E-state index is 8.29. The van der Waals surface area contributed by atoms with Crippen LogP contribution in [-0.4, -0.2) is 37.3 Å². The normalized spacial score (nSPS) is 9.00. The van der Waals surface area contributed by atoms with Crippen LogP contribution in [0, 0.1) is 0 Å². The Labute approximate surface area is 56.9 Å². The van der Waals surface area contributed by atoms with Gasteiger partial charge < -0.3 is 22.4 Å². The van der Waals surface area contributed by atoms with Crippen LogP contribution in [-0.2, 0) is 0 Å². The van der Waals surface area contributed by atoms with E-state index in [2.05, 4.69) is 4.90 Å². The highest BCUT2D eigenvalue weighted by atomic mass is 35.5. The van der Waals surface area contributed by atoms with E-state index in [4.69, 9.17) is 5.11 Å². The van der Waals surface area contributed by atoms with E-state index in [0.29, 0.717) is 6.61 Å².